The molecule has 0 radical (unpaired) electrons. The van der Waals surface area contributed by atoms with Gasteiger partial charge in [0.15, 0.2) is 0 Å². The van der Waals surface area contributed by atoms with E-state index in [1.807, 2.05) is 6.07 Å². The summed E-state index contributed by atoms with van der Waals surface area (Å²) in [5.74, 6) is 0.666. The van der Waals surface area contributed by atoms with Gasteiger partial charge in [-0.3, -0.25) is 9.59 Å². The summed E-state index contributed by atoms with van der Waals surface area (Å²) in [5, 5.41) is 4.07. The van der Waals surface area contributed by atoms with E-state index in [1.165, 1.54) is 14.2 Å². The molecular formula is C26H29N3O6. The van der Waals surface area contributed by atoms with Gasteiger partial charge in [0.25, 0.3) is 11.5 Å². The van der Waals surface area contributed by atoms with Crippen LogP contribution in [0.2, 0.25) is 0 Å². The Balaban J connectivity index is 1.57. The molecule has 184 valence electrons. The normalized spacial score (nSPS) is 14.0. The number of pyridine rings is 1. The molecule has 0 unspecified atom stereocenters. The SMILES string of the molecule is CCOC(=O)N1CCC(n2ccc3c(NC(=O)c4cc(OC)cc(OC)c4)cccc3c2=O)CC1. The van der Waals surface area contributed by atoms with Gasteiger partial charge in [-0.05, 0) is 50.1 Å². The number of aromatic nitrogens is 1. The number of carbonyl (C=O) groups is 2. The molecule has 0 atom stereocenters. The number of rotatable bonds is 6. The minimum atomic E-state index is -0.342. The van der Waals surface area contributed by atoms with E-state index in [0.29, 0.717) is 66.1 Å². The van der Waals surface area contributed by atoms with Gasteiger partial charge in [0.1, 0.15) is 11.5 Å². The summed E-state index contributed by atoms with van der Waals surface area (Å²) in [6.07, 6.45) is 2.78. The smallest absolute Gasteiger partial charge is 0.409 e. The topological polar surface area (TPSA) is 99.1 Å². The number of nitrogens with zero attached hydrogens (tertiary/aromatic N) is 2. The third-order valence-corrected chi connectivity index (χ3v) is 6.22. The Morgan fingerprint density at radius 1 is 1.00 bits per heavy atom. The molecule has 1 saturated heterocycles. The average Bonchev–Trinajstić information content (AvgIpc) is 2.89. The molecular weight excluding hydrogens is 450 g/mol. The molecule has 2 heterocycles. The fraction of sp³-hybridized carbons (Fsp3) is 0.346. The lowest BCUT2D eigenvalue weighted by Crippen LogP contribution is -2.41. The van der Waals surface area contributed by atoms with E-state index in [2.05, 4.69) is 5.32 Å². The number of amides is 2. The second-order valence-electron chi connectivity index (χ2n) is 8.27. The summed E-state index contributed by atoms with van der Waals surface area (Å²) in [4.78, 5) is 40.0. The van der Waals surface area contributed by atoms with Crippen molar-refractivity contribution in [3.05, 3.63) is 64.6 Å². The van der Waals surface area contributed by atoms with Crippen LogP contribution < -0.4 is 20.3 Å². The number of likely N-dealkylation sites (tertiary alicyclic amines) is 1. The Bertz CT molecular complexity index is 1270. The summed E-state index contributed by atoms with van der Waals surface area (Å²) in [6.45, 7) is 3.19. The fourth-order valence-corrected chi connectivity index (χ4v) is 4.36. The minimum Gasteiger partial charge on any atom is -0.497 e. The molecule has 35 heavy (non-hydrogen) atoms. The molecule has 1 N–H and O–H groups in total. The standard InChI is InChI=1S/C26H29N3O6/c1-4-35-26(32)28-11-8-18(9-12-28)29-13-10-21-22(25(29)31)6-5-7-23(21)27-24(30)17-14-19(33-2)16-20(15-17)34-3/h5-7,10,13-16,18H,4,8-9,11-12H2,1-3H3,(H,27,30). The maximum Gasteiger partial charge on any atom is 0.409 e. The molecule has 9 nitrogen and oxygen atoms in total. The van der Waals surface area contributed by atoms with Crippen LogP contribution in [0.5, 0.6) is 11.5 Å². The van der Waals surface area contributed by atoms with E-state index in [0.717, 1.165) is 0 Å². The van der Waals surface area contributed by atoms with Crippen LogP contribution in [-0.2, 0) is 4.74 Å². The van der Waals surface area contributed by atoms with Crippen LogP contribution in [0.15, 0.2) is 53.5 Å². The first-order valence-electron chi connectivity index (χ1n) is 11.5. The molecule has 0 bridgehead atoms. The second kappa shape index (κ2) is 10.5. The first-order valence-corrected chi connectivity index (χ1v) is 11.5. The predicted molar refractivity (Wildman–Crippen MR) is 133 cm³/mol. The molecule has 3 aromatic rings. The number of hydrogen-bond donors (Lipinski definition) is 1. The third kappa shape index (κ3) is 5.08. The number of nitrogens with one attached hydrogen (secondary N) is 1. The fourth-order valence-electron chi connectivity index (χ4n) is 4.36. The number of piperidine rings is 1. The molecule has 0 saturated carbocycles. The number of methoxy groups -OCH3 is 2. The highest BCUT2D eigenvalue weighted by atomic mass is 16.6. The van der Waals surface area contributed by atoms with Crippen molar-refractivity contribution in [2.75, 3.05) is 39.2 Å². The number of hydrogen-bond acceptors (Lipinski definition) is 6. The number of anilines is 1. The van der Waals surface area contributed by atoms with Crippen LogP contribution in [0.25, 0.3) is 10.8 Å². The largest absolute Gasteiger partial charge is 0.497 e. The lowest BCUT2D eigenvalue weighted by atomic mass is 10.0. The lowest BCUT2D eigenvalue weighted by molar-refractivity contribution is 0.0923. The van der Waals surface area contributed by atoms with Crippen LogP contribution >= 0.6 is 0 Å². The Morgan fingerprint density at radius 3 is 2.31 bits per heavy atom. The summed E-state index contributed by atoms with van der Waals surface area (Å²) in [6, 6.07) is 12.0. The maximum absolute atomic E-state index is 13.3. The first kappa shape index (κ1) is 24.1. The van der Waals surface area contributed by atoms with Gasteiger partial charge in [-0.25, -0.2) is 4.79 Å². The molecule has 1 aliphatic heterocycles. The number of benzene rings is 2. The predicted octanol–water partition coefficient (Wildman–Crippen LogP) is 4.06. The van der Waals surface area contributed by atoms with Crippen molar-refractivity contribution < 1.29 is 23.8 Å². The highest BCUT2D eigenvalue weighted by Crippen LogP contribution is 2.27. The summed E-state index contributed by atoms with van der Waals surface area (Å²) in [7, 11) is 3.04. The highest BCUT2D eigenvalue weighted by Gasteiger charge is 2.25. The molecule has 2 aromatic carbocycles. The Hall–Kier alpha value is -4.01. The van der Waals surface area contributed by atoms with Gasteiger partial charge >= 0.3 is 6.09 Å². The molecule has 1 fully saturated rings. The van der Waals surface area contributed by atoms with E-state index < -0.39 is 0 Å². The van der Waals surface area contributed by atoms with E-state index in [9.17, 15) is 14.4 Å². The van der Waals surface area contributed by atoms with Gasteiger partial charge in [-0.2, -0.15) is 0 Å². The maximum atomic E-state index is 13.3. The molecule has 1 aromatic heterocycles. The molecule has 4 rings (SSSR count). The highest BCUT2D eigenvalue weighted by molar-refractivity contribution is 6.09. The van der Waals surface area contributed by atoms with Gasteiger partial charge in [-0.1, -0.05) is 6.07 Å². The van der Waals surface area contributed by atoms with Gasteiger partial charge in [0, 0.05) is 53.4 Å². The van der Waals surface area contributed by atoms with Crippen LogP contribution in [0, 0.1) is 0 Å². The van der Waals surface area contributed by atoms with E-state index in [1.54, 1.807) is 59.0 Å². The molecule has 0 spiro atoms. The summed E-state index contributed by atoms with van der Waals surface area (Å²) in [5.41, 5.74) is 0.784. The zero-order chi connectivity index (χ0) is 24.9. The number of fused-ring (bicyclic) bond motifs is 1. The van der Waals surface area contributed by atoms with Crippen molar-refractivity contribution in [3.63, 3.8) is 0 Å². The van der Waals surface area contributed by atoms with Crippen LogP contribution in [0.4, 0.5) is 10.5 Å². The number of carbonyl (C=O) groups excluding carboxylic acids is 2. The summed E-state index contributed by atoms with van der Waals surface area (Å²) >= 11 is 0. The van der Waals surface area contributed by atoms with Crippen molar-refractivity contribution >= 4 is 28.5 Å². The zero-order valence-electron chi connectivity index (χ0n) is 20.1. The van der Waals surface area contributed by atoms with Crippen LogP contribution in [0.1, 0.15) is 36.2 Å². The van der Waals surface area contributed by atoms with Gasteiger partial charge in [0.05, 0.1) is 20.8 Å². The molecule has 0 aliphatic carbocycles. The molecule has 2 amide bonds. The Kier molecular flexibility index (Phi) is 7.24. The minimum absolute atomic E-state index is 0.0138. The van der Waals surface area contributed by atoms with Crippen molar-refractivity contribution in [3.8, 4) is 11.5 Å². The zero-order valence-corrected chi connectivity index (χ0v) is 20.1. The lowest BCUT2D eigenvalue weighted by Gasteiger charge is -2.32. The second-order valence-corrected chi connectivity index (χ2v) is 8.27. The van der Waals surface area contributed by atoms with Gasteiger partial charge < -0.3 is 29.0 Å². The average molecular weight is 480 g/mol. The van der Waals surface area contributed by atoms with E-state index in [4.69, 9.17) is 14.2 Å². The number of ether oxygens (including phenoxy) is 3. The van der Waals surface area contributed by atoms with Crippen molar-refractivity contribution in [1.82, 2.24) is 9.47 Å². The van der Waals surface area contributed by atoms with Crippen molar-refractivity contribution in [2.45, 2.75) is 25.8 Å². The van der Waals surface area contributed by atoms with Crippen molar-refractivity contribution in [2.24, 2.45) is 0 Å². The molecule has 9 heteroatoms. The van der Waals surface area contributed by atoms with Gasteiger partial charge in [0.2, 0.25) is 0 Å². The van der Waals surface area contributed by atoms with Gasteiger partial charge in [-0.15, -0.1) is 0 Å². The van der Waals surface area contributed by atoms with Crippen LogP contribution in [0.3, 0.4) is 0 Å². The monoisotopic (exact) mass is 479 g/mol. The van der Waals surface area contributed by atoms with E-state index >= 15 is 0 Å². The van der Waals surface area contributed by atoms with Crippen molar-refractivity contribution in [1.29, 1.82) is 0 Å². The Morgan fingerprint density at radius 2 is 1.69 bits per heavy atom. The van der Waals surface area contributed by atoms with Crippen LogP contribution in [-0.4, -0.2) is 55.4 Å². The first-order chi connectivity index (χ1) is 16.9. The molecule has 1 aliphatic rings. The Labute approximate surface area is 203 Å². The quantitative estimate of drug-likeness (QED) is 0.572. The third-order valence-electron chi connectivity index (χ3n) is 6.22. The summed E-state index contributed by atoms with van der Waals surface area (Å²) < 4.78 is 17.3. The van der Waals surface area contributed by atoms with E-state index in [-0.39, 0.29) is 23.6 Å².